The third-order valence-corrected chi connectivity index (χ3v) is 5.97. The molecule has 0 aliphatic carbocycles. The number of hydrogen-bond donors (Lipinski definition) is 2. The Labute approximate surface area is 206 Å². The molecule has 2 atom stereocenters. The summed E-state index contributed by atoms with van der Waals surface area (Å²) in [5.41, 5.74) is -1.18. The lowest BCUT2D eigenvalue weighted by Gasteiger charge is -2.32. The predicted octanol–water partition coefficient (Wildman–Crippen LogP) is 2.91. The molecule has 0 spiro atoms. The van der Waals surface area contributed by atoms with Crippen molar-refractivity contribution in [2.75, 3.05) is 6.54 Å². The number of primary sulfonamides is 1. The zero-order valence-electron chi connectivity index (χ0n) is 20.3. The molecule has 2 rings (SSSR count). The molecule has 10 nitrogen and oxygen atoms in total. The fourth-order valence-corrected chi connectivity index (χ4v) is 4.16. The van der Waals surface area contributed by atoms with Crippen LogP contribution < -0.4 is 5.14 Å². The third-order valence-electron chi connectivity index (χ3n) is 4.66. The van der Waals surface area contributed by atoms with Gasteiger partial charge in [-0.05, 0) is 65.7 Å². The average Bonchev–Trinajstić information content (AvgIpc) is 3.04. The first-order chi connectivity index (χ1) is 15.4. The lowest BCUT2D eigenvalue weighted by molar-refractivity contribution is -0.135. The van der Waals surface area contributed by atoms with Crippen molar-refractivity contribution in [1.29, 1.82) is 0 Å². The summed E-state index contributed by atoms with van der Waals surface area (Å²) < 4.78 is 33.9. The van der Waals surface area contributed by atoms with Crippen molar-refractivity contribution >= 4 is 40.7 Å². The van der Waals surface area contributed by atoms with Crippen LogP contribution in [0.4, 0.5) is 9.59 Å². The van der Waals surface area contributed by atoms with Gasteiger partial charge in [0.05, 0.1) is 11.4 Å². The molecule has 1 aliphatic heterocycles. The fraction of sp³-hybridized carbons (Fsp3) is 0.591. The molecular weight excluding hydrogens is 482 g/mol. The van der Waals surface area contributed by atoms with Crippen LogP contribution in [-0.4, -0.2) is 65.3 Å². The molecule has 0 bridgehead atoms. The van der Waals surface area contributed by atoms with E-state index in [1.807, 2.05) is 0 Å². The Bertz CT molecular complexity index is 1030. The first-order valence-electron chi connectivity index (χ1n) is 10.7. The number of benzene rings is 1. The molecule has 1 saturated heterocycles. The number of likely N-dealkylation sites (tertiary alicyclic amines) is 1. The van der Waals surface area contributed by atoms with Crippen LogP contribution in [0.3, 0.4) is 0 Å². The van der Waals surface area contributed by atoms with E-state index in [1.165, 1.54) is 29.2 Å². The smallest absolute Gasteiger partial charge is 0.417 e. The molecule has 1 heterocycles. The topological polar surface area (TPSA) is 136 Å². The number of imide groups is 1. The molecule has 190 valence electrons. The Kier molecular flexibility index (Phi) is 8.32. The van der Waals surface area contributed by atoms with E-state index in [1.54, 1.807) is 41.5 Å². The summed E-state index contributed by atoms with van der Waals surface area (Å²) in [4.78, 5) is 41.4. The molecule has 1 aliphatic rings. The second-order valence-electron chi connectivity index (χ2n) is 10.1. The summed E-state index contributed by atoms with van der Waals surface area (Å²) in [5, 5.41) is 4.85. The van der Waals surface area contributed by atoms with Crippen molar-refractivity contribution < 1.29 is 32.3 Å². The standard InChI is InChI=1S/C22H33N3O7S2/c1-21(2,3)31-19(27)24-13-15(33)11-17(24)18(26)25(20(28)32-22(4,5)6)12-14-7-9-16(10-8-14)34(23,29)30/h7-10,15,17,33H,11-13H2,1-6H3,(H2,23,29,30)/t15-,17-/m0/s1. The van der Waals surface area contributed by atoms with Crippen LogP contribution in [0.5, 0.6) is 0 Å². The van der Waals surface area contributed by atoms with Gasteiger partial charge in [0.2, 0.25) is 10.0 Å². The molecule has 1 fully saturated rings. The van der Waals surface area contributed by atoms with Gasteiger partial charge in [0.25, 0.3) is 5.91 Å². The van der Waals surface area contributed by atoms with E-state index in [9.17, 15) is 22.8 Å². The highest BCUT2D eigenvalue weighted by molar-refractivity contribution is 7.89. The summed E-state index contributed by atoms with van der Waals surface area (Å²) in [5.74, 6) is -0.646. The second kappa shape index (κ2) is 10.1. The Morgan fingerprint density at radius 1 is 1.06 bits per heavy atom. The number of nitrogens with two attached hydrogens (primary N) is 1. The number of carbonyl (C=O) groups is 3. The van der Waals surface area contributed by atoms with E-state index in [-0.39, 0.29) is 29.7 Å². The number of carbonyl (C=O) groups excluding carboxylic acids is 3. The second-order valence-corrected chi connectivity index (χ2v) is 12.4. The van der Waals surface area contributed by atoms with E-state index in [2.05, 4.69) is 12.6 Å². The van der Waals surface area contributed by atoms with Crippen molar-refractivity contribution in [2.45, 2.75) is 81.9 Å². The first-order valence-corrected chi connectivity index (χ1v) is 12.8. The van der Waals surface area contributed by atoms with Crippen LogP contribution in [-0.2, 0) is 30.8 Å². The highest BCUT2D eigenvalue weighted by Gasteiger charge is 2.44. The lowest BCUT2D eigenvalue weighted by Crippen LogP contribution is -2.51. The minimum Gasteiger partial charge on any atom is -0.444 e. The largest absolute Gasteiger partial charge is 0.444 e. The van der Waals surface area contributed by atoms with Gasteiger partial charge in [-0.2, -0.15) is 12.6 Å². The maximum atomic E-state index is 13.6. The Hall–Kier alpha value is -2.31. The number of rotatable bonds is 4. The van der Waals surface area contributed by atoms with Gasteiger partial charge >= 0.3 is 12.2 Å². The van der Waals surface area contributed by atoms with Crippen molar-refractivity contribution in [3.63, 3.8) is 0 Å². The normalized spacial score (nSPS) is 19.0. The van der Waals surface area contributed by atoms with Gasteiger partial charge < -0.3 is 9.47 Å². The number of amides is 3. The molecule has 1 aromatic carbocycles. The summed E-state index contributed by atoms with van der Waals surface area (Å²) in [6.45, 7) is 10.1. The summed E-state index contributed by atoms with van der Waals surface area (Å²) in [6, 6.07) is 4.50. The first kappa shape index (κ1) is 27.9. The number of thiol groups is 1. The van der Waals surface area contributed by atoms with Crippen LogP contribution in [0, 0.1) is 0 Å². The van der Waals surface area contributed by atoms with E-state index >= 15 is 0 Å². The summed E-state index contributed by atoms with van der Waals surface area (Å²) >= 11 is 4.43. The van der Waals surface area contributed by atoms with Crippen molar-refractivity contribution in [1.82, 2.24) is 9.80 Å². The van der Waals surface area contributed by atoms with Crippen molar-refractivity contribution in [2.24, 2.45) is 5.14 Å². The van der Waals surface area contributed by atoms with Gasteiger partial charge in [-0.25, -0.2) is 28.0 Å². The van der Waals surface area contributed by atoms with Gasteiger partial charge in [-0.3, -0.25) is 9.69 Å². The third kappa shape index (κ3) is 7.88. The highest BCUT2D eigenvalue weighted by Crippen LogP contribution is 2.27. The maximum absolute atomic E-state index is 13.6. The van der Waals surface area contributed by atoms with Crippen LogP contribution in [0.15, 0.2) is 29.2 Å². The zero-order chi connectivity index (χ0) is 26.1. The minimum absolute atomic E-state index is 0.101. The van der Waals surface area contributed by atoms with Gasteiger partial charge in [0.1, 0.15) is 17.2 Å². The zero-order valence-corrected chi connectivity index (χ0v) is 22.0. The molecule has 34 heavy (non-hydrogen) atoms. The number of hydrogen-bond acceptors (Lipinski definition) is 8. The monoisotopic (exact) mass is 515 g/mol. The van der Waals surface area contributed by atoms with Crippen LogP contribution in [0.2, 0.25) is 0 Å². The summed E-state index contributed by atoms with van der Waals surface area (Å²) in [7, 11) is -3.89. The number of sulfonamides is 1. The quantitative estimate of drug-likeness (QED) is 0.588. The molecular formula is C22H33N3O7S2. The van der Waals surface area contributed by atoms with Crippen molar-refractivity contribution in [3.05, 3.63) is 29.8 Å². The van der Waals surface area contributed by atoms with Crippen LogP contribution in [0.1, 0.15) is 53.5 Å². The maximum Gasteiger partial charge on any atom is 0.417 e. The molecule has 0 unspecified atom stereocenters. The number of nitrogens with zero attached hydrogens (tertiary/aromatic N) is 2. The molecule has 0 radical (unpaired) electrons. The average molecular weight is 516 g/mol. The molecule has 0 saturated carbocycles. The van der Waals surface area contributed by atoms with E-state index < -0.39 is 45.4 Å². The fourth-order valence-electron chi connectivity index (χ4n) is 3.27. The van der Waals surface area contributed by atoms with Gasteiger partial charge in [0.15, 0.2) is 0 Å². The molecule has 12 heteroatoms. The predicted molar refractivity (Wildman–Crippen MR) is 129 cm³/mol. The Morgan fingerprint density at radius 3 is 2.06 bits per heavy atom. The molecule has 1 aromatic rings. The van der Waals surface area contributed by atoms with Crippen LogP contribution >= 0.6 is 12.6 Å². The minimum atomic E-state index is -3.89. The molecule has 3 amide bonds. The molecule has 0 aromatic heterocycles. The van der Waals surface area contributed by atoms with Crippen LogP contribution in [0.25, 0.3) is 0 Å². The Balaban J connectivity index is 2.36. The van der Waals surface area contributed by atoms with Gasteiger partial charge in [-0.15, -0.1) is 0 Å². The van der Waals surface area contributed by atoms with E-state index in [0.29, 0.717) is 5.56 Å². The highest BCUT2D eigenvalue weighted by atomic mass is 32.2. The number of ether oxygens (including phenoxy) is 2. The molecule has 2 N–H and O–H groups in total. The Morgan fingerprint density at radius 2 is 1.59 bits per heavy atom. The lowest BCUT2D eigenvalue weighted by atomic mass is 10.1. The van der Waals surface area contributed by atoms with Gasteiger partial charge in [-0.1, -0.05) is 12.1 Å². The van der Waals surface area contributed by atoms with E-state index in [0.717, 1.165) is 4.90 Å². The summed E-state index contributed by atoms with van der Waals surface area (Å²) in [6.07, 6.45) is -1.34. The SMILES string of the molecule is CC(C)(C)OC(=O)N(Cc1ccc(S(N)(=O)=O)cc1)C(=O)[C@@H]1C[C@H](S)CN1C(=O)OC(C)(C)C. The van der Waals surface area contributed by atoms with E-state index in [4.69, 9.17) is 14.6 Å². The van der Waals surface area contributed by atoms with Gasteiger partial charge in [0, 0.05) is 11.8 Å². The van der Waals surface area contributed by atoms with Crippen molar-refractivity contribution in [3.8, 4) is 0 Å².